The lowest BCUT2D eigenvalue weighted by molar-refractivity contribution is 0.184. The molecule has 1 N–H and O–H groups in total. The number of methoxy groups -OCH3 is 1. The average Bonchev–Trinajstić information content (AvgIpc) is 2.53. The van der Waals surface area contributed by atoms with E-state index in [9.17, 15) is 8.42 Å². The number of nitrogens with zero attached hydrogens (tertiary/aromatic N) is 2. The van der Waals surface area contributed by atoms with E-state index in [1.54, 1.807) is 14.2 Å². The maximum absolute atomic E-state index is 12.0. The monoisotopic (exact) mass is 265 g/mol. The minimum absolute atomic E-state index is 0.00463. The molecule has 0 aliphatic carbocycles. The lowest BCUT2D eigenvalue weighted by Crippen LogP contribution is -2.47. The molecular formula is C10H23N3O3S. The molecule has 1 rings (SSSR count). The van der Waals surface area contributed by atoms with Crippen molar-refractivity contribution in [1.29, 1.82) is 0 Å². The van der Waals surface area contributed by atoms with Gasteiger partial charge < -0.3 is 9.64 Å². The number of rotatable bonds is 6. The Bertz CT molecular complexity index is 334. The molecule has 0 bridgehead atoms. The number of hydrogen-bond donors (Lipinski definition) is 1. The Hall–Kier alpha value is -0.210. The van der Waals surface area contributed by atoms with E-state index in [0.29, 0.717) is 19.1 Å². The van der Waals surface area contributed by atoms with Gasteiger partial charge in [0.15, 0.2) is 0 Å². The highest BCUT2D eigenvalue weighted by molar-refractivity contribution is 7.87. The van der Waals surface area contributed by atoms with Crippen LogP contribution in [0, 0.1) is 5.92 Å². The summed E-state index contributed by atoms with van der Waals surface area (Å²) < 4.78 is 32.9. The first-order valence-corrected chi connectivity index (χ1v) is 7.22. The van der Waals surface area contributed by atoms with Crippen LogP contribution < -0.4 is 4.72 Å². The van der Waals surface area contributed by atoms with E-state index in [0.717, 1.165) is 13.1 Å². The van der Waals surface area contributed by atoms with Crippen molar-refractivity contribution in [3.05, 3.63) is 0 Å². The van der Waals surface area contributed by atoms with E-state index in [1.165, 1.54) is 4.31 Å². The third-order valence-electron chi connectivity index (χ3n) is 3.12. The van der Waals surface area contributed by atoms with Crippen LogP contribution in [0.3, 0.4) is 0 Å². The Morgan fingerprint density at radius 3 is 2.59 bits per heavy atom. The van der Waals surface area contributed by atoms with Gasteiger partial charge in [-0.15, -0.1) is 0 Å². The molecule has 0 saturated carbocycles. The quantitative estimate of drug-likeness (QED) is 0.693. The van der Waals surface area contributed by atoms with Gasteiger partial charge in [-0.1, -0.05) is 6.92 Å². The van der Waals surface area contributed by atoms with Crippen molar-refractivity contribution < 1.29 is 13.2 Å². The van der Waals surface area contributed by atoms with Gasteiger partial charge in [0.1, 0.15) is 0 Å². The standard InChI is InChI=1S/C10H23N3O3S/c1-9-7-12(2)8-10(9)11-17(14,15)13(3)5-6-16-4/h9-11H,5-8H2,1-4H3/t9-,10-/m1/s1. The highest BCUT2D eigenvalue weighted by Crippen LogP contribution is 2.15. The van der Waals surface area contributed by atoms with Crippen molar-refractivity contribution in [2.75, 3.05) is 47.4 Å². The van der Waals surface area contributed by atoms with Gasteiger partial charge in [-0.05, 0) is 13.0 Å². The molecule has 0 aromatic heterocycles. The second-order valence-electron chi connectivity index (χ2n) is 4.74. The Morgan fingerprint density at radius 2 is 2.12 bits per heavy atom. The molecular weight excluding hydrogens is 242 g/mol. The van der Waals surface area contributed by atoms with Gasteiger partial charge in [-0.2, -0.15) is 17.4 Å². The summed E-state index contributed by atoms with van der Waals surface area (Å²) in [5.41, 5.74) is 0. The van der Waals surface area contributed by atoms with Crippen molar-refractivity contribution >= 4 is 10.2 Å². The van der Waals surface area contributed by atoms with E-state index in [-0.39, 0.29) is 6.04 Å². The highest BCUT2D eigenvalue weighted by atomic mass is 32.2. The summed E-state index contributed by atoms with van der Waals surface area (Å²) >= 11 is 0. The molecule has 17 heavy (non-hydrogen) atoms. The smallest absolute Gasteiger partial charge is 0.279 e. The Balaban J connectivity index is 2.54. The van der Waals surface area contributed by atoms with E-state index in [2.05, 4.69) is 16.5 Å². The maximum Gasteiger partial charge on any atom is 0.279 e. The average molecular weight is 265 g/mol. The first kappa shape index (κ1) is 14.8. The predicted octanol–water partition coefficient (Wildman–Crippen LogP) is -0.651. The summed E-state index contributed by atoms with van der Waals surface area (Å²) in [5.74, 6) is 0.339. The van der Waals surface area contributed by atoms with Crippen molar-refractivity contribution in [3.8, 4) is 0 Å². The molecule has 1 aliphatic heterocycles. The summed E-state index contributed by atoms with van der Waals surface area (Å²) in [4.78, 5) is 2.13. The van der Waals surface area contributed by atoms with Crippen LogP contribution in [-0.4, -0.2) is 71.1 Å². The molecule has 1 fully saturated rings. The van der Waals surface area contributed by atoms with Crippen LogP contribution in [0.25, 0.3) is 0 Å². The molecule has 1 aliphatic rings. The summed E-state index contributed by atoms with van der Waals surface area (Å²) in [7, 11) is 1.72. The molecule has 1 saturated heterocycles. The van der Waals surface area contributed by atoms with Gasteiger partial charge in [0.2, 0.25) is 0 Å². The molecule has 2 atom stereocenters. The number of nitrogens with one attached hydrogen (secondary N) is 1. The minimum Gasteiger partial charge on any atom is -0.383 e. The van der Waals surface area contributed by atoms with Gasteiger partial charge in [0, 0.05) is 39.8 Å². The fourth-order valence-electron chi connectivity index (χ4n) is 1.98. The van der Waals surface area contributed by atoms with Crippen LogP contribution in [0.2, 0.25) is 0 Å². The summed E-state index contributed by atoms with van der Waals surface area (Å²) in [5, 5.41) is 0. The van der Waals surface area contributed by atoms with Gasteiger partial charge >= 0.3 is 0 Å². The fraction of sp³-hybridized carbons (Fsp3) is 1.00. The van der Waals surface area contributed by atoms with E-state index in [4.69, 9.17) is 4.74 Å². The zero-order valence-corrected chi connectivity index (χ0v) is 11.8. The molecule has 0 unspecified atom stereocenters. The van der Waals surface area contributed by atoms with E-state index in [1.807, 2.05) is 7.05 Å². The Labute approximate surface area is 104 Å². The Kier molecular flexibility index (Phi) is 5.33. The topological polar surface area (TPSA) is 61.9 Å². The molecule has 1 heterocycles. The zero-order valence-electron chi connectivity index (χ0n) is 11.0. The van der Waals surface area contributed by atoms with E-state index >= 15 is 0 Å². The third-order valence-corrected chi connectivity index (χ3v) is 4.72. The molecule has 0 aromatic rings. The molecule has 0 aromatic carbocycles. The number of hydrogen-bond acceptors (Lipinski definition) is 4. The van der Waals surface area contributed by atoms with Crippen LogP contribution in [-0.2, 0) is 14.9 Å². The summed E-state index contributed by atoms with van der Waals surface area (Å²) in [6, 6.07) is -0.00463. The van der Waals surface area contributed by atoms with Crippen molar-refractivity contribution in [1.82, 2.24) is 13.9 Å². The van der Waals surface area contributed by atoms with Crippen LogP contribution in [0.15, 0.2) is 0 Å². The molecule has 0 spiro atoms. The number of likely N-dealkylation sites (tertiary alicyclic amines) is 1. The molecule has 7 heteroatoms. The van der Waals surface area contributed by atoms with Crippen LogP contribution in [0.5, 0.6) is 0 Å². The third kappa shape index (κ3) is 4.18. The van der Waals surface area contributed by atoms with Crippen molar-refractivity contribution in [3.63, 3.8) is 0 Å². The number of ether oxygens (including phenoxy) is 1. The van der Waals surface area contributed by atoms with Gasteiger partial charge in [-0.25, -0.2) is 0 Å². The van der Waals surface area contributed by atoms with Crippen LogP contribution in [0.4, 0.5) is 0 Å². The second kappa shape index (κ2) is 6.10. The van der Waals surface area contributed by atoms with Gasteiger partial charge in [0.25, 0.3) is 10.2 Å². The predicted molar refractivity (Wildman–Crippen MR) is 67.0 cm³/mol. The lowest BCUT2D eigenvalue weighted by Gasteiger charge is -2.22. The highest BCUT2D eigenvalue weighted by Gasteiger charge is 2.31. The molecule has 0 amide bonds. The summed E-state index contributed by atoms with van der Waals surface area (Å²) in [6.45, 7) is 4.51. The second-order valence-corrected chi connectivity index (χ2v) is 6.55. The molecule has 0 radical (unpaired) electrons. The molecule has 102 valence electrons. The fourth-order valence-corrected chi connectivity index (χ4v) is 3.17. The normalized spacial score (nSPS) is 26.9. The SMILES string of the molecule is COCCN(C)S(=O)(=O)N[C@@H]1CN(C)C[C@H]1C. The Morgan fingerprint density at radius 1 is 1.47 bits per heavy atom. The number of likely N-dealkylation sites (N-methyl/N-ethyl adjacent to an activating group) is 2. The van der Waals surface area contributed by atoms with Crippen molar-refractivity contribution in [2.24, 2.45) is 5.92 Å². The van der Waals surface area contributed by atoms with Crippen LogP contribution >= 0.6 is 0 Å². The van der Waals surface area contributed by atoms with Gasteiger partial charge in [-0.3, -0.25) is 0 Å². The molecule has 6 nitrogen and oxygen atoms in total. The lowest BCUT2D eigenvalue weighted by atomic mass is 10.1. The van der Waals surface area contributed by atoms with E-state index < -0.39 is 10.2 Å². The maximum atomic E-state index is 12.0. The van der Waals surface area contributed by atoms with Crippen LogP contribution in [0.1, 0.15) is 6.92 Å². The zero-order chi connectivity index (χ0) is 13.1. The first-order valence-electron chi connectivity index (χ1n) is 5.78. The summed E-state index contributed by atoms with van der Waals surface area (Å²) in [6.07, 6.45) is 0. The largest absolute Gasteiger partial charge is 0.383 e. The first-order chi connectivity index (χ1) is 7.86. The minimum atomic E-state index is -3.40. The van der Waals surface area contributed by atoms with Crippen molar-refractivity contribution in [2.45, 2.75) is 13.0 Å². The van der Waals surface area contributed by atoms with Gasteiger partial charge in [0.05, 0.1) is 6.61 Å².